The summed E-state index contributed by atoms with van der Waals surface area (Å²) in [5.74, 6) is 1.65. The summed E-state index contributed by atoms with van der Waals surface area (Å²) in [6, 6.07) is 15.8. The first kappa shape index (κ1) is 19.0. The lowest BCUT2D eigenvalue weighted by molar-refractivity contribution is 0.0663. The first-order chi connectivity index (χ1) is 12.6. The number of halogens is 1. The highest BCUT2D eigenvalue weighted by Crippen LogP contribution is 2.21. The van der Waals surface area contributed by atoms with Gasteiger partial charge in [-0.3, -0.25) is 4.90 Å². The largest absolute Gasteiger partial charge is 0.497 e. The number of hydrogen-bond donors (Lipinski definition) is 1. The fourth-order valence-electron chi connectivity index (χ4n) is 3.06. The summed E-state index contributed by atoms with van der Waals surface area (Å²) in [6.07, 6.45) is -0.494. The van der Waals surface area contributed by atoms with Gasteiger partial charge in [-0.05, 0) is 48.5 Å². The SMILES string of the molecule is COc1ccc(N2CCN(C[C@H](O)COc3ccc(Br)cc3)CC2)cc1. The van der Waals surface area contributed by atoms with Gasteiger partial charge in [0.2, 0.25) is 0 Å². The molecule has 1 saturated heterocycles. The standard InChI is InChI=1S/C20H25BrN2O3/c1-25-19-8-4-17(5-9-19)23-12-10-22(11-13-23)14-18(24)15-26-20-6-2-16(21)3-7-20/h2-9,18,24H,10-15H2,1H3/t18-/m0/s1. The topological polar surface area (TPSA) is 45.2 Å². The molecule has 0 saturated carbocycles. The van der Waals surface area contributed by atoms with Crippen LogP contribution >= 0.6 is 15.9 Å². The number of aliphatic hydroxyl groups excluding tert-OH is 1. The molecule has 5 nitrogen and oxygen atoms in total. The van der Waals surface area contributed by atoms with Crippen LogP contribution in [0.3, 0.4) is 0 Å². The van der Waals surface area contributed by atoms with Gasteiger partial charge >= 0.3 is 0 Å². The summed E-state index contributed by atoms with van der Waals surface area (Å²) >= 11 is 3.40. The molecule has 3 rings (SSSR count). The van der Waals surface area contributed by atoms with E-state index in [2.05, 4.69) is 37.9 Å². The molecule has 0 spiro atoms. The zero-order valence-electron chi connectivity index (χ0n) is 15.0. The van der Waals surface area contributed by atoms with E-state index in [9.17, 15) is 5.11 Å². The van der Waals surface area contributed by atoms with E-state index >= 15 is 0 Å². The minimum absolute atomic E-state index is 0.306. The lowest BCUT2D eigenvalue weighted by Gasteiger charge is -2.36. The molecule has 1 fully saturated rings. The highest BCUT2D eigenvalue weighted by molar-refractivity contribution is 9.10. The molecule has 140 valence electrons. The van der Waals surface area contributed by atoms with Crippen LogP contribution in [0.25, 0.3) is 0 Å². The summed E-state index contributed by atoms with van der Waals surface area (Å²) in [5, 5.41) is 10.3. The first-order valence-corrected chi connectivity index (χ1v) is 9.61. The van der Waals surface area contributed by atoms with Gasteiger partial charge in [0.1, 0.15) is 24.2 Å². The average molecular weight is 421 g/mol. The van der Waals surface area contributed by atoms with Gasteiger partial charge in [0, 0.05) is 42.9 Å². The first-order valence-electron chi connectivity index (χ1n) is 8.82. The molecule has 2 aromatic rings. The second-order valence-corrected chi connectivity index (χ2v) is 7.32. The molecule has 1 heterocycles. The Labute approximate surface area is 163 Å². The maximum Gasteiger partial charge on any atom is 0.119 e. The lowest BCUT2D eigenvalue weighted by Crippen LogP contribution is -2.49. The van der Waals surface area contributed by atoms with E-state index in [1.165, 1.54) is 5.69 Å². The van der Waals surface area contributed by atoms with Crippen LogP contribution in [0.2, 0.25) is 0 Å². The molecule has 1 aliphatic rings. The fraction of sp³-hybridized carbons (Fsp3) is 0.400. The second kappa shape index (κ2) is 9.26. The number of benzene rings is 2. The minimum atomic E-state index is -0.494. The van der Waals surface area contributed by atoms with Crippen molar-refractivity contribution < 1.29 is 14.6 Å². The van der Waals surface area contributed by atoms with Gasteiger partial charge < -0.3 is 19.5 Å². The molecule has 0 aromatic heterocycles. The van der Waals surface area contributed by atoms with Crippen LogP contribution in [0.15, 0.2) is 53.0 Å². The van der Waals surface area contributed by atoms with Crippen molar-refractivity contribution in [2.24, 2.45) is 0 Å². The predicted octanol–water partition coefficient (Wildman–Crippen LogP) is 3.02. The van der Waals surface area contributed by atoms with Crippen LogP contribution in [0.1, 0.15) is 0 Å². The van der Waals surface area contributed by atoms with Crippen molar-refractivity contribution in [3.8, 4) is 11.5 Å². The van der Waals surface area contributed by atoms with Gasteiger partial charge in [-0.2, -0.15) is 0 Å². The summed E-state index contributed by atoms with van der Waals surface area (Å²) < 4.78 is 11.9. The van der Waals surface area contributed by atoms with Crippen molar-refractivity contribution in [3.63, 3.8) is 0 Å². The van der Waals surface area contributed by atoms with E-state index in [4.69, 9.17) is 9.47 Å². The maximum absolute atomic E-state index is 10.3. The number of rotatable bonds is 7. The van der Waals surface area contributed by atoms with Gasteiger partial charge in [0.25, 0.3) is 0 Å². The summed E-state index contributed by atoms with van der Waals surface area (Å²) in [7, 11) is 1.68. The van der Waals surface area contributed by atoms with E-state index < -0.39 is 6.10 Å². The molecule has 1 atom stereocenters. The molecule has 1 aliphatic heterocycles. The zero-order valence-corrected chi connectivity index (χ0v) is 16.6. The Morgan fingerprint density at radius 2 is 1.58 bits per heavy atom. The minimum Gasteiger partial charge on any atom is -0.497 e. The van der Waals surface area contributed by atoms with Crippen molar-refractivity contribution in [2.45, 2.75) is 6.10 Å². The molecule has 0 unspecified atom stereocenters. The molecule has 2 aromatic carbocycles. The van der Waals surface area contributed by atoms with Crippen molar-refractivity contribution in [3.05, 3.63) is 53.0 Å². The van der Waals surface area contributed by atoms with Crippen molar-refractivity contribution in [1.82, 2.24) is 4.90 Å². The van der Waals surface area contributed by atoms with E-state index in [0.717, 1.165) is 42.2 Å². The van der Waals surface area contributed by atoms with E-state index in [0.29, 0.717) is 13.2 Å². The predicted molar refractivity (Wildman–Crippen MR) is 107 cm³/mol. The number of piperazine rings is 1. The van der Waals surface area contributed by atoms with Crippen LogP contribution in [0.4, 0.5) is 5.69 Å². The number of nitrogens with zero attached hydrogens (tertiary/aromatic N) is 2. The number of anilines is 1. The summed E-state index contributed by atoms with van der Waals surface area (Å²) in [5.41, 5.74) is 1.21. The van der Waals surface area contributed by atoms with Crippen molar-refractivity contribution >= 4 is 21.6 Å². The smallest absolute Gasteiger partial charge is 0.119 e. The summed E-state index contributed by atoms with van der Waals surface area (Å²) in [4.78, 5) is 4.65. The summed E-state index contributed by atoms with van der Waals surface area (Å²) in [6.45, 7) is 4.70. The number of aliphatic hydroxyl groups is 1. The Morgan fingerprint density at radius 3 is 2.19 bits per heavy atom. The number of hydrogen-bond acceptors (Lipinski definition) is 5. The van der Waals surface area contributed by atoms with Crippen molar-refractivity contribution in [2.75, 3.05) is 51.3 Å². The third-order valence-corrected chi connectivity index (χ3v) is 5.06. The molecule has 0 bridgehead atoms. The Kier molecular flexibility index (Phi) is 6.77. The number of ether oxygens (including phenoxy) is 2. The molecular formula is C20H25BrN2O3. The van der Waals surface area contributed by atoms with Crippen molar-refractivity contribution in [1.29, 1.82) is 0 Å². The van der Waals surface area contributed by atoms with Crippen LogP contribution in [-0.2, 0) is 0 Å². The number of β-amino-alcohol motifs (C(OH)–C–C–N with tert-alkyl or cyclic N) is 1. The zero-order chi connectivity index (χ0) is 18.4. The Balaban J connectivity index is 1.40. The van der Waals surface area contributed by atoms with Gasteiger partial charge in [-0.15, -0.1) is 0 Å². The van der Waals surface area contributed by atoms with Gasteiger partial charge in [-0.25, -0.2) is 0 Å². The van der Waals surface area contributed by atoms with Gasteiger partial charge in [-0.1, -0.05) is 15.9 Å². The highest BCUT2D eigenvalue weighted by atomic mass is 79.9. The van der Waals surface area contributed by atoms with E-state index in [1.807, 2.05) is 36.4 Å². The molecule has 0 radical (unpaired) electrons. The molecular weight excluding hydrogens is 396 g/mol. The third kappa shape index (κ3) is 5.37. The van der Waals surface area contributed by atoms with Gasteiger partial charge in [0.15, 0.2) is 0 Å². The van der Waals surface area contributed by atoms with Crippen LogP contribution in [0, 0.1) is 0 Å². The maximum atomic E-state index is 10.3. The fourth-order valence-corrected chi connectivity index (χ4v) is 3.32. The van der Waals surface area contributed by atoms with E-state index in [1.54, 1.807) is 7.11 Å². The Hall–Kier alpha value is -1.76. The normalized spacial score (nSPS) is 16.3. The molecule has 6 heteroatoms. The Bertz CT molecular complexity index is 670. The number of methoxy groups -OCH3 is 1. The lowest BCUT2D eigenvalue weighted by atomic mass is 10.2. The molecule has 1 N–H and O–H groups in total. The van der Waals surface area contributed by atoms with Crippen LogP contribution < -0.4 is 14.4 Å². The highest BCUT2D eigenvalue weighted by Gasteiger charge is 2.19. The monoisotopic (exact) mass is 420 g/mol. The van der Waals surface area contributed by atoms with Crippen LogP contribution in [0.5, 0.6) is 11.5 Å². The van der Waals surface area contributed by atoms with Gasteiger partial charge in [0.05, 0.1) is 7.11 Å². The second-order valence-electron chi connectivity index (χ2n) is 6.40. The quantitative estimate of drug-likeness (QED) is 0.745. The molecule has 0 aliphatic carbocycles. The third-order valence-electron chi connectivity index (χ3n) is 4.53. The molecule has 26 heavy (non-hydrogen) atoms. The van der Waals surface area contributed by atoms with Crippen LogP contribution in [-0.4, -0.2) is 62.6 Å². The van der Waals surface area contributed by atoms with E-state index in [-0.39, 0.29) is 0 Å². The average Bonchev–Trinajstić information content (AvgIpc) is 2.68. The Morgan fingerprint density at radius 1 is 0.962 bits per heavy atom. The molecule has 0 amide bonds.